The molecule has 158 valence electrons. The minimum atomic E-state index is -3.82. The number of ketones is 1. The third-order valence-electron chi connectivity index (χ3n) is 5.36. The van der Waals surface area contributed by atoms with Crippen LogP contribution in [0.1, 0.15) is 30.1 Å². The maximum atomic E-state index is 13.0. The van der Waals surface area contributed by atoms with Gasteiger partial charge in [-0.25, -0.2) is 27.8 Å². The Labute approximate surface area is 173 Å². The van der Waals surface area contributed by atoms with Gasteiger partial charge < -0.3 is 9.47 Å². The van der Waals surface area contributed by atoms with Crippen molar-refractivity contribution in [3.05, 3.63) is 42.4 Å². The number of fused-ring (bicyclic) bond motifs is 1. The van der Waals surface area contributed by atoms with E-state index in [0.29, 0.717) is 17.7 Å². The summed E-state index contributed by atoms with van der Waals surface area (Å²) in [5.41, 5.74) is 0.870. The molecular formula is C19H21N5O5S. The zero-order chi connectivity index (χ0) is 21.6. The Morgan fingerprint density at radius 2 is 1.90 bits per heavy atom. The lowest BCUT2D eigenvalue weighted by Crippen LogP contribution is -2.49. The number of imide groups is 1. The minimum absolute atomic E-state index is 0.0894. The summed E-state index contributed by atoms with van der Waals surface area (Å²) in [5.74, 6) is -0.515. The van der Waals surface area contributed by atoms with E-state index in [4.69, 9.17) is 0 Å². The average Bonchev–Trinajstić information content (AvgIpc) is 3.24. The van der Waals surface area contributed by atoms with E-state index in [9.17, 15) is 22.8 Å². The third-order valence-corrected chi connectivity index (χ3v) is 6.76. The molecule has 0 spiro atoms. The van der Waals surface area contributed by atoms with Crippen molar-refractivity contribution in [3.63, 3.8) is 0 Å². The first-order valence-corrected chi connectivity index (χ1v) is 10.9. The standard InChI is InChI=1S/C19H21N5O5S/c1-12(25)13-3-5-15(6-4-13)24-18(26)16-9-14(7-8-23(16)19(24)27)21-30(28,29)17-10-22(2)11-20-17/h3-6,10-11,14,16,21H,7-9H2,1-2H3. The number of hydrogen-bond donors (Lipinski definition) is 1. The Balaban J connectivity index is 1.51. The molecular weight excluding hydrogens is 410 g/mol. The highest BCUT2D eigenvalue weighted by Crippen LogP contribution is 2.31. The summed E-state index contributed by atoms with van der Waals surface area (Å²) >= 11 is 0. The highest BCUT2D eigenvalue weighted by atomic mass is 32.2. The Bertz CT molecular complexity index is 1120. The van der Waals surface area contributed by atoms with Gasteiger partial charge in [0, 0.05) is 31.4 Å². The number of urea groups is 1. The molecule has 2 atom stereocenters. The maximum Gasteiger partial charge on any atom is 0.332 e. The summed E-state index contributed by atoms with van der Waals surface area (Å²) in [7, 11) is -2.15. The second-order valence-corrected chi connectivity index (χ2v) is 9.15. The molecule has 0 radical (unpaired) electrons. The number of Topliss-reactive ketones (excluding diaryl/α,β-unsaturated/α-hetero) is 1. The summed E-state index contributed by atoms with van der Waals surface area (Å²) < 4.78 is 29.2. The van der Waals surface area contributed by atoms with Crippen LogP contribution in [-0.2, 0) is 21.9 Å². The van der Waals surface area contributed by atoms with Crippen LogP contribution in [-0.4, -0.2) is 59.2 Å². The number of nitrogens with one attached hydrogen (secondary N) is 1. The number of rotatable bonds is 5. The summed E-state index contributed by atoms with van der Waals surface area (Å²) in [6.07, 6.45) is 3.36. The molecule has 10 nitrogen and oxygen atoms in total. The van der Waals surface area contributed by atoms with Crippen LogP contribution < -0.4 is 9.62 Å². The van der Waals surface area contributed by atoms with E-state index in [0.717, 1.165) is 4.90 Å². The van der Waals surface area contributed by atoms with Gasteiger partial charge in [-0.2, -0.15) is 0 Å². The van der Waals surface area contributed by atoms with Crippen molar-refractivity contribution >= 4 is 33.4 Å². The molecule has 2 aliphatic heterocycles. The molecule has 2 saturated heterocycles. The van der Waals surface area contributed by atoms with Crippen molar-refractivity contribution in [2.75, 3.05) is 11.4 Å². The lowest BCUT2D eigenvalue weighted by molar-refractivity contribution is -0.120. The molecule has 2 unspecified atom stereocenters. The predicted octanol–water partition coefficient (Wildman–Crippen LogP) is 0.901. The molecule has 2 aliphatic rings. The molecule has 1 aromatic carbocycles. The van der Waals surface area contributed by atoms with Gasteiger partial charge in [0.05, 0.1) is 12.0 Å². The van der Waals surface area contributed by atoms with Crippen LogP contribution in [0.2, 0.25) is 0 Å². The lowest BCUT2D eigenvalue weighted by atomic mass is 9.99. The number of carbonyl (C=O) groups is 3. The fraction of sp³-hybridized carbons (Fsp3) is 0.368. The van der Waals surface area contributed by atoms with Gasteiger partial charge in [-0.3, -0.25) is 9.59 Å². The SMILES string of the molecule is CC(=O)c1ccc(N2C(=O)C3CC(NS(=O)(=O)c4cn(C)cn4)CCN3C2=O)cc1. The van der Waals surface area contributed by atoms with Crippen molar-refractivity contribution in [1.82, 2.24) is 19.2 Å². The number of imidazole rings is 1. The second-order valence-electron chi connectivity index (χ2n) is 7.49. The molecule has 30 heavy (non-hydrogen) atoms. The van der Waals surface area contributed by atoms with Crippen LogP contribution in [0.3, 0.4) is 0 Å². The summed E-state index contributed by atoms with van der Waals surface area (Å²) in [4.78, 5) is 43.6. The van der Waals surface area contributed by atoms with E-state index < -0.39 is 34.0 Å². The largest absolute Gasteiger partial charge is 0.339 e. The van der Waals surface area contributed by atoms with Crippen LogP contribution in [0.4, 0.5) is 10.5 Å². The van der Waals surface area contributed by atoms with E-state index in [1.807, 2.05) is 0 Å². The van der Waals surface area contributed by atoms with Gasteiger partial charge in [-0.05, 0) is 44.0 Å². The fourth-order valence-electron chi connectivity index (χ4n) is 3.80. The second kappa shape index (κ2) is 7.33. The number of piperidine rings is 1. The normalized spacial score (nSPS) is 21.8. The Morgan fingerprint density at radius 3 is 2.50 bits per heavy atom. The van der Waals surface area contributed by atoms with Crippen molar-refractivity contribution in [2.24, 2.45) is 7.05 Å². The first-order chi connectivity index (χ1) is 14.2. The Morgan fingerprint density at radius 1 is 1.20 bits per heavy atom. The van der Waals surface area contributed by atoms with Crippen LogP contribution in [0.15, 0.2) is 41.8 Å². The van der Waals surface area contributed by atoms with E-state index >= 15 is 0 Å². The minimum Gasteiger partial charge on any atom is -0.339 e. The number of benzene rings is 1. The molecule has 0 aliphatic carbocycles. The molecule has 4 rings (SSSR count). The Kier molecular flexibility index (Phi) is 4.94. The highest BCUT2D eigenvalue weighted by Gasteiger charge is 2.49. The number of carbonyl (C=O) groups excluding carboxylic acids is 3. The molecule has 1 aromatic heterocycles. The number of aryl methyl sites for hydroxylation is 1. The van der Waals surface area contributed by atoms with Gasteiger partial charge in [0.2, 0.25) is 0 Å². The van der Waals surface area contributed by atoms with E-state index in [2.05, 4.69) is 9.71 Å². The summed E-state index contributed by atoms with van der Waals surface area (Å²) in [6.45, 7) is 1.69. The Hall–Kier alpha value is -3.05. The number of anilines is 1. The molecule has 0 saturated carbocycles. The molecule has 0 bridgehead atoms. The number of sulfonamides is 1. The fourth-order valence-corrected chi connectivity index (χ4v) is 5.06. The van der Waals surface area contributed by atoms with Crippen LogP contribution in [0.25, 0.3) is 0 Å². The smallest absolute Gasteiger partial charge is 0.332 e. The van der Waals surface area contributed by atoms with Crippen LogP contribution in [0.5, 0.6) is 0 Å². The highest BCUT2D eigenvalue weighted by molar-refractivity contribution is 7.89. The van der Waals surface area contributed by atoms with Crippen molar-refractivity contribution in [1.29, 1.82) is 0 Å². The molecule has 1 N–H and O–H groups in total. The predicted molar refractivity (Wildman–Crippen MR) is 106 cm³/mol. The molecule has 2 fully saturated rings. The summed E-state index contributed by atoms with van der Waals surface area (Å²) in [6, 6.07) is 4.59. The monoisotopic (exact) mass is 431 g/mol. The lowest BCUT2D eigenvalue weighted by Gasteiger charge is -2.32. The quantitative estimate of drug-likeness (QED) is 0.555. The van der Waals surface area contributed by atoms with Crippen molar-refractivity contribution < 1.29 is 22.8 Å². The van der Waals surface area contributed by atoms with E-state index in [1.165, 1.54) is 28.9 Å². The average molecular weight is 431 g/mol. The van der Waals surface area contributed by atoms with Crippen LogP contribution in [0, 0.1) is 0 Å². The van der Waals surface area contributed by atoms with Gasteiger partial charge in [0.1, 0.15) is 6.04 Å². The summed E-state index contributed by atoms with van der Waals surface area (Å²) in [5, 5.41) is -0.0894. The van der Waals surface area contributed by atoms with Gasteiger partial charge in [0.25, 0.3) is 15.9 Å². The topological polar surface area (TPSA) is 122 Å². The van der Waals surface area contributed by atoms with Gasteiger partial charge in [-0.1, -0.05) is 0 Å². The van der Waals surface area contributed by atoms with E-state index in [1.54, 1.807) is 31.3 Å². The molecule has 3 amide bonds. The number of amides is 3. The van der Waals surface area contributed by atoms with Gasteiger partial charge in [-0.15, -0.1) is 0 Å². The molecule has 3 heterocycles. The van der Waals surface area contributed by atoms with Crippen molar-refractivity contribution in [2.45, 2.75) is 36.9 Å². The maximum absolute atomic E-state index is 13.0. The third kappa shape index (κ3) is 3.50. The molecule has 2 aromatic rings. The zero-order valence-electron chi connectivity index (χ0n) is 16.5. The molecule has 11 heteroatoms. The number of hydrogen-bond acceptors (Lipinski definition) is 6. The van der Waals surface area contributed by atoms with Gasteiger partial charge >= 0.3 is 6.03 Å². The van der Waals surface area contributed by atoms with Crippen molar-refractivity contribution in [3.8, 4) is 0 Å². The van der Waals surface area contributed by atoms with E-state index in [-0.39, 0.29) is 23.8 Å². The first-order valence-electron chi connectivity index (χ1n) is 9.43. The number of nitrogens with zero attached hydrogens (tertiary/aromatic N) is 4. The first kappa shape index (κ1) is 20.2. The van der Waals surface area contributed by atoms with Crippen LogP contribution >= 0.6 is 0 Å². The zero-order valence-corrected chi connectivity index (χ0v) is 17.3. The number of aromatic nitrogens is 2. The van der Waals surface area contributed by atoms with Gasteiger partial charge in [0.15, 0.2) is 10.8 Å².